The van der Waals surface area contributed by atoms with Gasteiger partial charge < -0.3 is 14.8 Å². The first-order valence-corrected chi connectivity index (χ1v) is 4.68. The summed E-state index contributed by atoms with van der Waals surface area (Å²) in [6.07, 6.45) is 0. The monoisotopic (exact) mass is 195 g/mol. The predicted molar refractivity (Wildman–Crippen MR) is 58.1 cm³/mol. The molecule has 0 saturated carbocycles. The van der Waals surface area contributed by atoms with Crippen LogP contribution in [-0.4, -0.2) is 27.4 Å². The smallest absolute Gasteiger partial charge is 0.142 e. The Morgan fingerprint density at radius 2 is 2.07 bits per heavy atom. The summed E-state index contributed by atoms with van der Waals surface area (Å²) in [6.45, 7) is 3.24. The van der Waals surface area contributed by atoms with Crippen molar-refractivity contribution in [1.82, 2.24) is 0 Å². The van der Waals surface area contributed by atoms with E-state index in [1.54, 1.807) is 7.11 Å². The Hall–Kier alpha value is -1.22. The summed E-state index contributed by atoms with van der Waals surface area (Å²) in [5.41, 5.74) is 2.23. The van der Waals surface area contributed by atoms with E-state index >= 15 is 0 Å². The Morgan fingerprint density at radius 1 is 1.29 bits per heavy atom. The number of methoxy groups -OCH3 is 1. The summed E-state index contributed by atoms with van der Waals surface area (Å²) in [7, 11) is 3.55. The van der Waals surface area contributed by atoms with Crippen LogP contribution < -0.4 is 10.1 Å². The molecule has 0 radical (unpaired) electrons. The maximum absolute atomic E-state index is 5.54. The molecule has 3 heteroatoms. The number of nitrogens with one attached hydrogen (secondary N) is 1. The van der Waals surface area contributed by atoms with Crippen molar-refractivity contribution in [3.63, 3.8) is 0 Å². The zero-order valence-corrected chi connectivity index (χ0v) is 8.96. The highest BCUT2D eigenvalue weighted by Crippen LogP contribution is 2.24. The van der Waals surface area contributed by atoms with Crippen LogP contribution in [0, 0.1) is 6.92 Å². The molecule has 78 valence electrons. The molecule has 0 unspecified atom stereocenters. The van der Waals surface area contributed by atoms with Gasteiger partial charge in [-0.25, -0.2) is 0 Å². The van der Waals surface area contributed by atoms with E-state index < -0.39 is 0 Å². The van der Waals surface area contributed by atoms with Crippen LogP contribution in [0.3, 0.4) is 0 Å². The van der Waals surface area contributed by atoms with E-state index in [0.717, 1.165) is 11.4 Å². The molecule has 0 heterocycles. The fraction of sp³-hybridized carbons (Fsp3) is 0.455. The van der Waals surface area contributed by atoms with Crippen molar-refractivity contribution in [2.24, 2.45) is 0 Å². The van der Waals surface area contributed by atoms with Gasteiger partial charge in [0.25, 0.3) is 0 Å². The van der Waals surface area contributed by atoms with E-state index in [-0.39, 0.29) is 0 Å². The van der Waals surface area contributed by atoms with E-state index in [9.17, 15) is 0 Å². The molecular formula is C11H17NO2. The second kappa shape index (κ2) is 5.50. The zero-order chi connectivity index (χ0) is 10.4. The Labute approximate surface area is 85.0 Å². The second-order valence-electron chi connectivity index (χ2n) is 3.09. The molecule has 0 aliphatic carbocycles. The molecule has 0 saturated heterocycles. The fourth-order valence-electron chi connectivity index (χ4n) is 1.20. The third-order valence-electron chi connectivity index (χ3n) is 1.95. The van der Waals surface area contributed by atoms with Crippen LogP contribution in [-0.2, 0) is 4.74 Å². The van der Waals surface area contributed by atoms with Crippen molar-refractivity contribution in [1.29, 1.82) is 0 Å². The van der Waals surface area contributed by atoms with Gasteiger partial charge in [-0.15, -0.1) is 0 Å². The molecule has 0 aliphatic rings. The molecule has 0 fully saturated rings. The molecular weight excluding hydrogens is 178 g/mol. The van der Waals surface area contributed by atoms with Gasteiger partial charge in [0.2, 0.25) is 0 Å². The number of rotatable bonds is 5. The van der Waals surface area contributed by atoms with E-state index in [2.05, 4.69) is 18.3 Å². The molecule has 1 rings (SSSR count). The Bertz CT molecular complexity index is 287. The van der Waals surface area contributed by atoms with Gasteiger partial charge in [0.1, 0.15) is 12.4 Å². The second-order valence-corrected chi connectivity index (χ2v) is 3.09. The summed E-state index contributed by atoms with van der Waals surface area (Å²) in [4.78, 5) is 0. The number of aryl methyl sites for hydroxylation is 1. The summed E-state index contributed by atoms with van der Waals surface area (Å²) in [6, 6.07) is 6.06. The summed E-state index contributed by atoms with van der Waals surface area (Å²) in [5.74, 6) is 0.871. The lowest BCUT2D eigenvalue weighted by Crippen LogP contribution is -2.05. The van der Waals surface area contributed by atoms with Crippen LogP contribution >= 0.6 is 0 Å². The van der Waals surface area contributed by atoms with Gasteiger partial charge in [-0.1, -0.05) is 6.07 Å². The molecule has 3 nitrogen and oxygen atoms in total. The summed E-state index contributed by atoms with van der Waals surface area (Å²) >= 11 is 0. The lowest BCUT2D eigenvalue weighted by molar-refractivity contribution is 0.146. The largest absolute Gasteiger partial charge is 0.489 e. The number of hydrogen-bond acceptors (Lipinski definition) is 3. The number of benzene rings is 1. The first kappa shape index (κ1) is 10.9. The first-order valence-electron chi connectivity index (χ1n) is 4.68. The van der Waals surface area contributed by atoms with Crippen molar-refractivity contribution in [2.45, 2.75) is 6.92 Å². The van der Waals surface area contributed by atoms with Gasteiger partial charge in [0, 0.05) is 14.2 Å². The van der Waals surface area contributed by atoms with Crippen molar-refractivity contribution >= 4 is 5.69 Å². The average molecular weight is 195 g/mol. The SMILES string of the molecule is CNc1cc(C)ccc1OCCOC. The normalized spacial score (nSPS) is 9.93. The molecule has 1 aromatic carbocycles. The predicted octanol–water partition coefficient (Wildman–Crippen LogP) is 2.06. The third-order valence-corrected chi connectivity index (χ3v) is 1.95. The van der Waals surface area contributed by atoms with Crippen molar-refractivity contribution in [2.75, 3.05) is 32.7 Å². The molecule has 0 amide bonds. The van der Waals surface area contributed by atoms with Crippen LogP contribution in [0.25, 0.3) is 0 Å². The van der Waals surface area contributed by atoms with Crippen molar-refractivity contribution in [3.8, 4) is 5.75 Å². The standard InChI is InChI=1S/C11H17NO2/c1-9-4-5-11(10(8-9)12-2)14-7-6-13-3/h4-5,8,12H,6-7H2,1-3H3. The van der Waals surface area contributed by atoms with E-state index in [4.69, 9.17) is 9.47 Å². The Kier molecular flexibility index (Phi) is 4.26. The van der Waals surface area contributed by atoms with Gasteiger partial charge in [-0.05, 0) is 24.6 Å². The van der Waals surface area contributed by atoms with Crippen LogP contribution in [0.4, 0.5) is 5.69 Å². The fourth-order valence-corrected chi connectivity index (χ4v) is 1.20. The molecule has 0 atom stereocenters. The molecule has 0 aromatic heterocycles. The highest BCUT2D eigenvalue weighted by molar-refractivity contribution is 5.57. The van der Waals surface area contributed by atoms with Crippen molar-refractivity contribution in [3.05, 3.63) is 23.8 Å². The minimum atomic E-state index is 0.578. The highest BCUT2D eigenvalue weighted by Gasteiger charge is 2.01. The molecule has 1 aromatic rings. The first-order chi connectivity index (χ1) is 6.77. The maximum atomic E-state index is 5.54. The van der Waals surface area contributed by atoms with Crippen LogP contribution in [0.5, 0.6) is 5.75 Å². The summed E-state index contributed by atoms with van der Waals surface area (Å²) < 4.78 is 10.5. The van der Waals surface area contributed by atoms with Gasteiger partial charge >= 0.3 is 0 Å². The van der Waals surface area contributed by atoms with E-state index in [1.165, 1.54) is 5.56 Å². The summed E-state index contributed by atoms with van der Waals surface area (Å²) in [5, 5.41) is 3.10. The van der Waals surface area contributed by atoms with Crippen LogP contribution in [0.2, 0.25) is 0 Å². The van der Waals surface area contributed by atoms with E-state index in [1.807, 2.05) is 19.2 Å². The van der Waals surface area contributed by atoms with Gasteiger partial charge in [0.15, 0.2) is 0 Å². The lowest BCUT2D eigenvalue weighted by atomic mass is 10.2. The molecule has 0 aliphatic heterocycles. The minimum absolute atomic E-state index is 0.578. The van der Waals surface area contributed by atoms with Gasteiger partial charge in [-0.3, -0.25) is 0 Å². The lowest BCUT2D eigenvalue weighted by Gasteiger charge is -2.11. The average Bonchev–Trinajstić information content (AvgIpc) is 2.20. The molecule has 1 N–H and O–H groups in total. The maximum Gasteiger partial charge on any atom is 0.142 e. The van der Waals surface area contributed by atoms with Gasteiger partial charge in [0.05, 0.1) is 12.3 Å². The third kappa shape index (κ3) is 2.92. The Morgan fingerprint density at radius 3 is 2.71 bits per heavy atom. The quantitative estimate of drug-likeness (QED) is 0.729. The minimum Gasteiger partial charge on any atom is -0.489 e. The number of hydrogen-bond donors (Lipinski definition) is 1. The van der Waals surface area contributed by atoms with E-state index in [0.29, 0.717) is 13.2 Å². The van der Waals surface area contributed by atoms with Crippen LogP contribution in [0.1, 0.15) is 5.56 Å². The van der Waals surface area contributed by atoms with Crippen molar-refractivity contribution < 1.29 is 9.47 Å². The molecule has 0 spiro atoms. The highest BCUT2D eigenvalue weighted by atomic mass is 16.5. The van der Waals surface area contributed by atoms with Gasteiger partial charge in [-0.2, -0.15) is 0 Å². The zero-order valence-electron chi connectivity index (χ0n) is 8.96. The van der Waals surface area contributed by atoms with Crippen LogP contribution in [0.15, 0.2) is 18.2 Å². The molecule has 0 bridgehead atoms. The Balaban J connectivity index is 2.65. The topological polar surface area (TPSA) is 30.5 Å². The number of ether oxygens (including phenoxy) is 2. The number of anilines is 1. The molecule has 14 heavy (non-hydrogen) atoms.